The van der Waals surface area contributed by atoms with Gasteiger partial charge in [-0.1, -0.05) is 18.5 Å². The van der Waals surface area contributed by atoms with E-state index < -0.39 is 0 Å². The summed E-state index contributed by atoms with van der Waals surface area (Å²) in [7, 11) is 0. The van der Waals surface area contributed by atoms with Crippen LogP contribution in [-0.2, 0) is 11.2 Å². The van der Waals surface area contributed by atoms with Gasteiger partial charge in [-0.3, -0.25) is 0 Å². The molecule has 4 nitrogen and oxygen atoms in total. The molecule has 0 bridgehead atoms. The minimum Gasteiger partial charge on any atom is -0.381 e. The summed E-state index contributed by atoms with van der Waals surface area (Å²) in [4.78, 5) is 8.72. The molecule has 1 aromatic rings. The molecule has 1 atom stereocenters. The number of rotatable bonds is 4. The quantitative estimate of drug-likeness (QED) is 0.854. The van der Waals surface area contributed by atoms with E-state index in [1.165, 1.54) is 6.42 Å². The van der Waals surface area contributed by atoms with Crippen LogP contribution in [0, 0.1) is 12.8 Å². The molecule has 18 heavy (non-hydrogen) atoms. The van der Waals surface area contributed by atoms with Crippen molar-refractivity contribution in [2.75, 3.05) is 25.1 Å². The zero-order valence-corrected chi connectivity index (χ0v) is 11.8. The molecule has 0 spiro atoms. The topological polar surface area (TPSA) is 47.0 Å². The van der Waals surface area contributed by atoms with Gasteiger partial charge in [-0.25, -0.2) is 9.97 Å². The van der Waals surface area contributed by atoms with Crippen LogP contribution in [0.15, 0.2) is 0 Å². The highest BCUT2D eigenvalue weighted by Gasteiger charge is 2.15. The highest BCUT2D eigenvalue weighted by Crippen LogP contribution is 2.21. The molecule has 0 radical (unpaired) electrons. The SMILES string of the molecule is CCc1nc(Cl)c(C)c(NCC2CCCOC2)n1. The smallest absolute Gasteiger partial charge is 0.137 e. The number of nitrogens with zero attached hydrogens (tertiary/aromatic N) is 2. The van der Waals surface area contributed by atoms with Crippen LogP contribution in [0.4, 0.5) is 5.82 Å². The van der Waals surface area contributed by atoms with Gasteiger partial charge in [0.1, 0.15) is 16.8 Å². The first-order valence-electron chi connectivity index (χ1n) is 6.55. The van der Waals surface area contributed by atoms with E-state index in [-0.39, 0.29) is 0 Å². The number of aromatic nitrogens is 2. The van der Waals surface area contributed by atoms with Gasteiger partial charge < -0.3 is 10.1 Å². The first kappa shape index (κ1) is 13.6. The van der Waals surface area contributed by atoms with Crippen LogP contribution in [0.1, 0.15) is 31.2 Å². The van der Waals surface area contributed by atoms with Crippen LogP contribution in [0.25, 0.3) is 0 Å². The van der Waals surface area contributed by atoms with Crippen LogP contribution < -0.4 is 5.32 Å². The Hall–Kier alpha value is -0.870. The Morgan fingerprint density at radius 2 is 2.28 bits per heavy atom. The van der Waals surface area contributed by atoms with E-state index >= 15 is 0 Å². The molecule has 1 aliphatic rings. The number of aryl methyl sites for hydroxylation is 1. The summed E-state index contributed by atoms with van der Waals surface area (Å²) < 4.78 is 5.47. The Balaban J connectivity index is 2.01. The van der Waals surface area contributed by atoms with Crippen LogP contribution >= 0.6 is 11.6 Å². The molecule has 2 heterocycles. The molecule has 0 aromatic carbocycles. The van der Waals surface area contributed by atoms with Gasteiger partial charge in [0.05, 0.1) is 6.61 Å². The van der Waals surface area contributed by atoms with Gasteiger partial charge in [-0.2, -0.15) is 0 Å². The molecule has 1 unspecified atom stereocenters. The minimum absolute atomic E-state index is 0.546. The van der Waals surface area contributed by atoms with Gasteiger partial charge >= 0.3 is 0 Å². The number of hydrogen-bond donors (Lipinski definition) is 1. The molecule has 1 saturated heterocycles. The molecule has 0 aliphatic carbocycles. The molecule has 0 amide bonds. The number of hydrogen-bond acceptors (Lipinski definition) is 4. The summed E-state index contributed by atoms with van der Waals surface area (Å²) in [5.74, 6) is 2.21. The maximum absolute atomic E-state index is 6.10. The van der Waals surface area contributed by atoms with Crippen molar-refractivity contribution in [2.45, 2.75) is 33.1 Å². The summed E-state index contributed by atoms with van der Waals surface area (Å²) >= 11 is 6.10. The second kappa shape index (κ2) is 6.34. The van der Waals surface area contributed by atoms with Gasteiger partial charge in [0.15, 0.2) is 0 Å². The van der Waals surface area contributed by atoms with Crippen LogP contribution in [0.5, 0.6) is 0 Å². The summed E-state index contributed by atoms with van der Waals surface area (Å²) in [6.07, 6.45) is 3.16. The zero-order valence-electron chi connectivity index (χ0n) is 11.0. The molecular weight excluding hydrogens is 250 g/mol. The van der Waals surface area contributed by atoms with Crippen molar-refractivity contribution in [3.8, 4) is 0 Å². The Labute approximate surface area is 113 Å². The van der Waals surface area contributed by atoms with Gasteiger partial charge in [-0.15, -0.1) is 0 Å². The van der Waals surface area contributed by atoms with Crippen LogP contribution in [0.2, 0.25) is 5.15 Å². The van der Waals surface area contributed by atoms with Crippen molar-refractivity contribution in [3.05, 3.63) is 16.5 Å². The van der Waals surface area contributed by atoms with Crippen LogP contribution in [-0.4, -0.2) is 29.7 Å². The maximum Gasteiger partial charge on any atom is 0.137 e. The Morgan fingerprint density at radius 3 is 2.94 bits per heavy atom. The fourth-order valence-corrected chi connectivity index (χ4v) is 2.26. The van der Waals surface area contributed by atoms with Gasteiger partial charge in [-0.05, 0) is 25.7 Å². The summed E-state index contributed by atoms with van der Waals surface area (Å²) in [5, 5.41) is 3.93. The van der Waals surface area contributed by atoms with E-state index in [0.29, 0.717) is 11.1 Å². The maximum atomic E-state index is 6.10. The number of halogens is 1. The third-order valence-corrected chi connectivity index (χ3v) is 3.63. The van der Waals surface area contributed by atoms with Crippen molar-refractivity contribution in [1.82, 2.24) is 9.97 Å². The Kier molecular flexibility index (Phi) is 4.78. The molecule has 5 heteroatoms. The van der Waals surface area contributed by atoms with Crippen molar-refractivity contribution in [2.24, 2.45) is 5.92 Å². The summed E-state index contributed by atoms with van der Waals surface area (Å²) in [5.41, 5.74) is 0.922. The van der Waals surface area contributed by atoms with Gasteiger partial charge in [0, 0.05) is 25.1 Å². The van der Waals surface area contributed by atoms with E-state index in [0.717, 1.165) is 49.8 Å². The van der Waals surface area contributed by atoms with Crippen molar-refractivity contribution >= 4 is 17.4 Å². The monoisotopic (exact) mass is 269 g/mol. The highest BCUT2D eigenvalue weighted by molar-refractivity contribution is 6.30. The first-order chi connectivity index (χ1) is 8.70. The first-order valence-corrected chi connectivity index (χ1v) is 6.93. The summed E-state index contributed by atoms with van der Waals surface area (Å²) in [6, 6.07) is 0. The fraction of sp³-hybridized carbons (Fsp3) is 0.692. The van der Waals surface area contributed by atoms with Crippen molar-refractivity contribution in [3.63, 3.8) is 0 Å². The largest absolute Gasteiger partial charge is 0.381 e. The van der Waals surface area contributed by atoms with E-state index in [9.17, 15) is 0 Å². The predicted molar refractivity (Wildman–Crippen MR) is 73.2 cm³/mol. The third kappa shape index (κ3) is 3.33. The lowest BCUT2D eigenvalue weighted by Crippen LogP contribution is -2.25. The summed E-state index contributed by atoms with van der Waals surface area (Å²) in [6.45, 7) is 6.60. The number of nitrogens with one attached hydrogen (secondary N) is 1. The molecule has 2 rings (SSSR count). The van der Waals surface area contributed by atoms with Crippen LogP contribution in [0.3, 0.4) is 0 Å². The second-order valence-corrected chi connectivity index (χ2v) is 5.08. The van der Waals surface area contributed by atoms with Crippen molar-refractivity contribution < 1.29 is 4.74 Å². The Bertz CT molecular complexity index is 405. The standard InChI is InChI=1S/C13H20ClN3O/c1-3-11-16-12(14)9(2)13(17-11)15-7-10-5-4-6-18-8-10/h10H,3-8H2,1-2H3,(H,15,16,17). The van der Waals surface area contributed by atoms with Gasteiger partial charge in [0.25, 0.3) is 0 Å². The average Bonchev–Trinajstić information content (AvgIpc) is 2.41. The molecule has 0 saturated carbocycles. The zero-order chi connectivity index (χ0) is 13.0. The fourth-order valence-electron chi connectivity index (χ4n) is 2.07. The molecule has 100 valence electrons. The van der Waals surface area contributed by atoms with E-state index in [1.807, 2.05) is 13.8 Å². The van der Waals surface area contributed by atoms with Gasteiger partial charge in [0.2, 0.25) is 0 Å². The van der Waals surface area contributed by atoms with E-state index in [4.69, 9.17) is 16.3 Å². The number of anilines is 1. The lowest BCUT2D eigenvalue weighted by molar-refractivity contribution is 0.0594. The van der Waals surface area contributed by atoms with Crippen molar-refractivity contribution in [1.29, 1.82) is 0 Å². The Morgan fingerprint density at radius 1 is 1.44 bits per heavy atom. The normalized spacial score (nSPS) is 19.8. The molecular formula is C13H20ClN3O. The molecule has 1 N–H and O–H groups in total. The predicted octanol–water partition coefficient (Wildman–Crippen LogP) is 2.84. The van der Waals surface area contributed by atoms with E-state index in [2.05, 4.69) is 15.3 Å². The highest BCUT2D eigenvalue weighted by atomic mass is 35.5. The lowest BCUT2D eigenvalue weighted by atomic mass is 10.0. The number of ether oxygens (including phenoxy) is 1. The average molecular weight is 270 g/mol. The second-order valence-electron chi connectivity index (χ2n) is 4.72. The molecule has 1 aromatic heterocycles. The lowest BCUT2D eigenvalue weighted by Gasteiger charge is -2.23. The molecule has 1 fully saturated rings. The molecule has 1 aliphatic heterocycles. The third-order valence-electron chi connectivity index (χ3n) is 3.26. The minimum atomic E-state index is 0.546. The van der Waals surface area contributed by atoms with E-state index in [1.54, 1.807) is 0 Å².